The van der Waals surface area contributed by atoms with Gasteiger partial charge in [-0.2, -0.15) is 0 Å². The van der Waals surface area contributed by atoms with Crippen molar-refractivity contribution in [3.63, 3.8) is 0 Å². The number of carbonyl (C=O) groups is 3. The third-order valence-electron chi connectivity index (χ3n) is 5.81. The fourth-order valence-electron chi connectivity index (χ4n) is 3.82. The number of hydrogen-bond donors (Lipinski definition) is 4. The number of amides is 1. The zero-order valence-electron chi connectivity index (χ0n) is 20.8. The van der Waals surface area contributed by atoms with Crippen molar-refractivity contribution >= 4 is 41.2 Å². The highest BCUT2D eigenvalue weighted by atomic mass is 35.5. The van der Waals surface area contributed by atoms with E-state index >= 15 is 0 Å². The summed E-state index contributed by atoms with van der Waals surface area (Å²) in [6, 6.07) is 17.8. The number of nitrogens with one attached hydrogen (secondary N) is 2. The molecular weight excluding hydrogens is 526 g/mol. The topological polar surface area (TPSA) is 129 Å². The van der Waals surface area contributed by atoms with Gasteiger partial charge in [0.25, 0.3) is 5.91 Å². The molecule has 2 aromatic carbocycles. The van der Waals surface area contributed by atoms with E-state index < -0.39 is 11.9 Å². The van der Waals surface area contributed by atoms with E-state index in [0.717, 1.165) is 47.3 Å². The number of hydrogen-bond acceptors (Lipinski definition) is 6. The van der Waals surface area contributed by atoms with Crippen molar-refractivity contribution in [2.75, 3.05) is 13.1 Å². The van der Waals surface area contributed by atoms with E-state index in [1.165, 1.54) is 16.7 Å². The van der Waals surface area contributed by atoms with Crippen LogP contribution in [0.5, 0.6) is 0 Å². The average Bonchev–Trinajstić information content (AvgIpc) is 3.17. The molecule has 10 heteroatoms. The predicted octanol–water partition coefficient (Wildman–Crippen LogP) is 4.58. The van der Waals surface area contributed by atoms with E-state index in [-0.39, 0.29) is 18.7 Å². The first-order chi connectivity index (χ1) is 18.3. The van der Waals surface area contributed by atoms with Crippen molar-refractivity contribution in [2.24, 2.45) is 0 Å². The number of benzene rings is 2. The van der Waals surface area contributed by atoms with Gasteiger partial charge in [-0.3, -0.25) is 14.4 Å². The van der Waals surface area contributed by atoms with Crippen LogP contribution in [0.1, 0.15) is 45.5 Å². The minimum Gasteiger partial charge on any atom is -0.481 e. The highest BCUT2D eigenvalue weighted by molar-refractivity contribution is 7.98. The number of carboxylic acid groups (broad SMARTS) is 2. The first-order valence-corrected chi connectivity index (χ1v) is 13.5. The van der Waals surface area contributed by atoms with Gasteiger partial charge < -0.3 is 20.8 Å². The van der Waals surface area contributed by atoms with E-state index in [1.54, 1.807) is 18.0 Å². The van der Waals surface area contributed by atoms with E-state index in [1.807, 2.05) is 48.5 Å². The standard InChI is InChI=1S/C24H24ClN3OS.C4H6O4/c25-22-8-6-18-10-12-26-13-11-20(18)21(22)16-30-23-9-7-19(15-27-23)24(29)28-14-17-4-2-1-3-5-17;5-3(6)1-2-4(7)8/h1-9,15,26H,10-14,16H2,(H,28,29);1-2H2,(H,5,6)(H,7,8). The Kier molecular flexibility index (Phi) is 11.6. The number of halogens is 1. The maximum absolute atomic E-state index is 12.4. The van der Waals surface area contributed by atoms with Gasteiger partial charge in [0.2, 0.25) is 0 Å². The van der Waals surface area contributed by atoms with Gasteiger partial charge in [0, 0.05) is 23.5 Å². The van der Waals surface area contributed by atoms with E-state index in [4.69, 9.17) is 21.8 Å². The van der Waals surface area contributed by atoms with Crippen molar-refractivity contribution in [1.82, 2.24) is 15.6 Å². The van der Waals surface area contributed by atoms with Gasteiger partial charge in [-0.25, -0.2) is 4.98 Å². The summed E-state index contributed by atoms with van der Waals surface area (Å²) in [5.74, 6) is -1.50. The quantitative estimate of drug-likeness (QED) is 0.282. The van der Waals surface area contributed by atoms with Crippen LogP contribution >= 0.6 is 23.4 Å². The van der Waals surface area contributed by atoms with Crippen LogP contribution in [0.3, 0.4) is 0 Å². The van der Waals surface area contributed by atoms with Crippen molar-refractivity contribution in [3.05, 3.63) is 93.6 Å². The van der Waals surface area contributed by atoms with Crippen LogP contribution in [0, 0.1) is 0 Å². The number of carboxylic acids is 2. The summed E-state index contributed by atoms with van der Waals surface area (Å²) in [5.41, 5.74) is 5.60. The molecule has 0 radical (unpaired) electrons. The van der Waals surface area contributed by atoms with Gasteiger partial charge in [-0.05, 0) is 66.4 Å². The summed E-state index contributed by atoms with van der Waals surface area (Å²) in [5, 5.41) is 23.9. The van der Waals surface area contributed by atoms with Crippen LogP contribution in [0.4, 0.5) is 0 Å². The molecular formula is C28H30ClN3O5S. The Labute approximate surface area is 230 Å². The Hall–Kier alpha value is -3.40. The van der Waals surface area contributed by atoms with E-state index in [2.05, 4.69) is 21.7 Å². The van der Waals surface area contributed by atoms with Crippen molar-refractivity contribution in [2.45, 2.75) is 43.0 Å². The lowest BCUT2D eigenvalue weighted by atomic mass is 9.98. The predicted molar refractivity (Wildman–Crippen MR) is 148 cm³/mol. The summed E-state index contributed by atoms with van der Waals surface area (Å²) in [7, 11) is 0. The third-order valence-corrected chi connectivity index (χ3v) is 7.13. The molecule has 1 aromatic heterocycles. The van der Waals surface area contributed by atoms with E-state index in [9.17, 15) is 14.4 Å². The van der Waals surface area contributed by atoms with Crippen LogP contribution in [0.2, 0.25) is 5.02 Å². The number of fused-ring (bicyclic) bond motifs is 1. The molecule has 1 aliphatic heterocycles. The Bertz CT molecular complexity index is 1230. The maximum Gasteiger partial charge on any atom is 0.303 e. The molecule has 4 N–H and O–H groups in total. The Morgan fingerprint density at radius 3 is 2.32 bits per heavy atom. The summed E-state index contributed by atoms with van der Waals surface area (Å²) in [6.45, 7) is 2.50. The van der Waals surface area contributed by atoms with Gasteiger partial charge in [-0.1, -0.05) is 48.0 Å². The van der Waals surface area contributed by atoms with Crippen LogP contribution in [0.25, 0.3) is 0 Å². The largest absolute Gasteiger partial charge is 0.481 e. The molecule has 1 amide bonds. The molecule has 0 saturated heterocycles. The SMILES string of the molecule is O=C(NCc1ccccc1)c1ccc(SCc2c(Cl)ccc3c2CCNCC3)nc1.O=C(O)CCC(=O)O. The monoisotopic (exact) mass is 555 g/mol. The second-order valence-corrected chi connectivity index (χ2v) is 9.95. The lowest BCUT2D eigenvalue weighted by Gasteiger charge is -2.14. The first kappa shape index (κ1) is 29.2. The molecule has 0 fully saturated rings. The number of rotatable bonds is 9. The number of pyridine rings is 1. The average molecular weight is 556 g/mol. The lowest BCUT2D eigenvalue weighted by molar-refractivity contribution is -0.143. The molecule has 8 nitrogen and oxygen atoms in total. The molecule has 0 atom stereocenters. The summed E-state index contributed by atoms with van der Waals surface area (Å²) >= 11 is 8.18. The third kappa shape index (κ3) is 9.48. The van der Waals surface area contributed by atoms with Crippen LogP contribution in [-0.2, 0) is 34.7 Å². The molecule has 4 rings (SSSR count). The van der Waals surface area contributed by atoms with Gasteiger partial charge >= 0.3 is 11.9 Å². The smallest absolute Gasteiger partial charge is 0.303 e. The summed E-state index contributed by atoms with van der Waals surface area (Å²) < 4.78 is 0. The Balaban J connectivity index is 0.000000436. The fourth-order valence-corrected chi connectivity index (χ4v) is 5.05. The van der Waals surface area contributed by atoms with Crippen molar-refractivity contribution in [1.29, 1.82) is 0 Å². The Morgan fingerprint density at radius 1 is 0.947 bits per heavy atom. The maximum atomic E-state index is 12.4. The van der Waals surface area contributed by atoms with E-state index in [0.29, 0.717) is 12.1 Å². The second-order valence-electron chi connectivity index (χ2n) is 8.54. The molecule has 38 heavy (non-hydrogen) atoms. The van der Waals surface area contributed by atoms with Crippen molar-refractivity contribution < 1.29 is 24.6 Å². The molecule has 0 unspecified atom stereocenters. The molecule has 1 aliphatic rings. The van der Waals surface area contributed by atoms with Crippen LogP contribution in [-0.4, -0.2) is 46.1 Å². The number of carbonyl (C=O) groups excluding carboxylic acids is 1. The fraction of sp³-hybridized carbons (Fsp3) is 0.286. The molecule has 2 heterocycles. The molecule has 0 aliphatic carbocycles. The summed E-state index contributed by atoms with van der Waals surface area (Å²) in [6.07, 6.45) is 3.08. The van der Waals surface area contributed by atoms with Gasteiger partial charge in [-0.15, -0.1) is 11.8 Å². The molecule has 200 valence electrons. The molecule has 0 saturated carbocycles. The number of thioether (sulfide) groups is 1. The zero-order chi connectivity index (χ0) is 27.3. The van der Waals surface area contributed by atoms with Crippen molar-refractivity contribution in [3.8, 4) is 0 Å². The number of aliphatic carboxylic acids is 2. The number of aromatic nitrogens is 1. The highest BCUT2D eigenvalue weighted by Gasteiger charge is 2.15. The highest BCUT2D eigenvalue weighted by Crippen LogP contribution is 2.31. The van der Waals surface area contributed by atoms with Gasteiger partial charge in [0.15, 0.2) is 0 Å². The molecule has 0 spiro atoms. The van der Waals surface area contributed by atoms with Crippen LogP contribution in [0.15, 0.2) is 65.8 Å². The normalized spacial score (nSPS) is 12.3. The molecule has 0 bridgehead atoms. The lowest BCUT2D eigenvalue weighted by Crippen LogP contribution is -2.22. The van der Waals surface area contributed by atoms with Gasteiger partial charge in [0.1, 0.15) is 0 Å². The summed E-state index contributed by atoms with van der Waals surface area (Å²) in [4.78, 5) is 36.1. The van der Waals surface area contributed by atoms with Crippen LogP contribution < -0.4 is 10.6 Å². The molecule has 3 aromatic rings. The number of nitrogens with zero attached hydrogens (tertiary/aromatic N) is 1. The minimum atomic E-state index is -1.08. The Morgan fingerprint density at radius 2 is 1.66 bits per heavy atom. The second kappa shape index (κ2) is 15.1. The van der Waals surface area contributed by atoms with Gasteiger partial charge in [0.05, 0.1) is 23.4 Å². The first-order valence-electron chi connectivity index (χ1n) is 12.2. The minimum absolute atomic E-state index is 0.119. The zero-order valence-corrected chi connectivity index (χ0v) is 22.4.